The minimum Gasteiger partial charge on any atom is -0.463 e. The van der Waals surface area contributed by atoms with Gasteiger partial charge in [0, 0.05) is 11.1 Å². The fourth-order valence-corrected chi connectivity index (χ4v) is 2.91. The van der Waals surface area contributed by atoms with Gasteiger partial charge in [-0.05, 0) is 37.6 Å². The first-order chi connectivity index (χ1) is 11.9. The summed E-state index contributed by atoms with van der Waals surface area (Å²) < 4.78 is 4.91. The van der Waals surface area contributed by atoms with Gasteiger partial charge in [0.2, 0.25) is 0 Å². The van der Waals surface area contributed by atoms with E-state index in [-0.39, 0.29) is 23.4 Å². The predicted octanol–water partition coefficient (Wildman–Crippen LogP) is 1.93. The van der Waals surface area contributed by atoms with Gasteiger partial charge in [-0.1, -0.05) is 30.3 Å². The Bertz CT molecular complexity index is 876. The van der Waals surface area contributed by atoms with Crippen molar-refractivity contribution in [2.75, 3.05) is 11.5 Å². The molecule has 1 aliphatic heterocycles. The van der Waals surface area contributed by atoms with Gasteiger partial charge in [-0.15, -0.1) is 0 Å². The lowest BCUT2D eigenvalue weighted by molar-refractivity contribution is -0.171. The smallest absolute Gasteiger partial charge is 0.353 e. The van der Waals surface area contributed by atoms with Crippen LogP contribution in [0.4, 0.5) is 5.69 Å². The number of amides is 2. The number of benzene rings is 2. The summed E-state index contributed by atoms with van der Waals surface area (Å²) >= 11 is 0. The third-order valence-corrected chi connectivity index (χ3v) is 4.09. The van der Waals surface area contributed by atoms with Crippen LogP contribution in [0.1, 0.15) is 28.4 Å². The van der Waals surface area contributed by atoms with Crippen LogP contribution in [0.25, 0.3) is 0 Å². The Morgan fingerprint density at radius 1 is 1.16 bits per heavy atom. The number of ether oxygens (including phenoxy) is 1. The van der Waals surface area contributed by atoms with Crippen LogP contribution in [-0.4, -0.2) is 29.5 Å². The highest BCUT2D eigenvalue weighted by Gasteiger charge is 2.56. The highest BCUT2D eigenvalue weighted by molar-refractivity contribution is 6.31. The van der Waals surface area contributed by atoms with Gasteiger partial charge in [0.1, 0.15) is 0 Å². The Balaban J connectivity index is 2.23. The fraction of sp³-hybridized carbons (Fsp3) is 0.211. The highest BCUT2D eigenvalue weighted by Crippen LogP contribution is 2.36. The summed E-state index contributed by atoms with van der Waals surface area (Å²) in [5, 5.41) is 11.0. The van der Waals surface area contributed by atoms with E-state index in [4.69, 9.17) is 4.74 Å². The molecule has 2 amide bonds. The van der Waals surface area contributed by atoms with Crippen LogP contribution in [0.5, 0.6) is 0 Å². The lowest BCUT2D eigenvalue weighted by Gasteiger charge is -2.36. The number of anilines is 1. The van der Waals surface area contributed by atoms with Gasteiger partial charge in [0.05, 0.1) is 12.3 Å². The second-order valence-corrected chi connectivity index (χ2v) is 5.76. The summed E-state index contributed by atoms with van der Waals surface area (Å²) in [6.45, 7) is 3.38. The number of carbonyl (C=O) groups excluding carboxylic acids is 3. The van der Waals surface area contributed by atoms with E-state index in [0.29, 0.717) is 0 Å². The maximum Gasteiger partial charge on any atom is 0.353 e. The zero-order chi connectivity index (χ0) is 18.2. The molecule has 2 aromatic carbocycles. The molecule has 1 heterocycles. The normalized spacial score (nSPS) is 19.6. The van der Waals surface area contributed by atoms with Crippen molar-refractivity contribution in [3.8, 4) is 0 Å². The van der Waals surface area contributed by atoms with Crippen molar-refractivity contribution < 1.29 is 24.2 Å². The van der Waals surface area contributed by atoms with Crippen LogP contribution in [0.3, 0.4) is 0 Å². The zero-order valence-electron chi connectivity index (χ0n) is 13.9. The molecular weight excluding hydrogens is 322 g/mol. The molecule has 3 rings (SSSR count). The van der Waals surface area contributed by atoms with Crippen LogP contribution in [0.2, 0.25) is 0 Å². The van der Waals surface area contributed by atoms with Gasteiger partial charge in [-0.25, -0.2) is 9.69 Å². The second-order valence-electron chi connectivity index (χ2n) is 5.76. The number of fused-ring (bicyclic) bond motifs is 1. The maximum atomic E-state index is 13.0. The first kappa shape index (κ1) is 16.9. The molecule has 0 aromatic heterocycles. The lowest BCUT2D eigenvalue weighted by atomic mass is 9.84. The van der Waals surface area contributed by atoms with E-state index in [0.717, 1.165) is 10.5 Å². The summed E-state index contributed by atoms with van der Waals surface area (Å²) in [6.07, 6.45) is 0. The molecular formula is C19H17NO5. The largest absolute Gasteiger partial charge is 0.463 e. The fourth-order valence-electron chi connectivity index (χ4n) is 2.91. The summed E-state index contributed by atoms with van der Waals surface area (Å²) in [5.41, 5.74) is -1.43. The van der Waals surface area contributed by atoms with Gasteiger partial charge in [0.15, 0.2) is 0 Å². The SMILES string of the molecule is CCOC(=O)C1(O)C(=O)N(c2cccc(C)c2)C(=O)c2ccccc21. The number of rotatable bonds is 3. The molecule has 0 bridgehead atoms. The third kappa shape index (κ3) is 2.51. The standard InChI is InChI=1S/C19H17NO5/c1-3-25-18(23)19(24)15-10-5-4-9-14(15)16(21)20(17(19)22)13-8-6-7-12(2)11-13/h4-11,24H,3H2,1-2H3. The van der Waals surface area contributed by atoms with E-state index in [1.165, 1.54) is 12.1 Å². The first-order valence-electron chi connectivity index (χ1n) is 7.86. The van der Waals surface area contributed by atoms with Crippen molar-refractivity contribution in [2.45, 2.75) is 19.4 Å². The minimum atomic E-state index is -2.57. The van der Waals surface area contributed by atoms with Gasteiger partial charge in [-0.2, -0.15) is 0 Å². The Morgan fingerprint density at radius 3 is 2.56 bits per heavy atom. The van der Waals surface area contributed by atoms with E-state index in [1.54, 1.807) is 37.3 Å². The number of nitrogens with zero attached hydrogens (tertiary/aromatic N) is 1. The monoisotopic (exact) mass is 339 g/mol. The quantitative estimate of drug-likeness (QED) is 0.525. The van der Waals surface area contributed by atoms with Gasteiger partial charge >= 0.3 is 5.97 Å². The summed E-state index contributed by atoms with van der Waals surface area (Å²) in [4.78, 5) is 39.1. The van der Waals surface area contributed by atoms with Crippen LogP contribution >= 0.6 is 0 Å². The van der Waals surface area contributed by atoms with E-state index < -0.39 is 23.4 Å². The molecule has 6 nitrogen and oxygen atoms in total. The van der Waals surface area contributed by atoms with Crippen molar-refractivity contribution >= 4 is 23.5 Å². The molecule has 25 heavy (non-hydrogen) atoms. The van der Waals surface area contributed by atoms with Crippen molar-refractivity contribution in [1.29, 1.82) is 0 Å². The topological polar surface area (TPSA) is 83.9 Å². The Morgan fingerprint density at radius 2 is 1.88 bits per heavy atom. The molecule has 1 atom stereocenters. The Hall–Kier alpha value is -2.99. The van der Waals surface area contributed by atoms with Crippen molar-refractivity contribution in [3.63, 3.8) is 0 Å². The molecule has 0 saturated heterocycles. The number of carbonyl (C=O) groups is 3. The van der Waals surface area contributed by atoms with Crippen molar-refractivity contribution in [1.82, 2.24) is 0 Å². The van der Waals surface area contributed by atoms with Crippen molar-refractivity contribution in [3.05, 3.63) is 65.2 Å². The molecule has 6 heteroatoms. The number of aryl methyl sites for hydroxylation is 1. The van der Waals surface area contributed by atoms with Crippen LogP contribution in [0.15, 0.2) is 48.5 Å². The number of esters is 1. The second kappa shape index (κ2) is 6.14. The third-order valence-electron chi connectivity index (χ3n) is 4.09. The Kier molecular flexibility index (Phi) is 4.14. The zero-order valence-corrected chi connectivity index (χ0v) is 13.9. The van der Waals surface area contributed by atoms with Crippen LogP contribution < -0.4 is 4.90 Å². The molecule has 0 saturated carbocycles. The van der Waals surface area contributed by atoms with Gasteiger partial charge in [0.25, 0.3) is 17.4 Å². The van der Waals surface area contributed by atoms with Crippen molar-refractivity contribution in [2.24, 2.45) is 0 Å². The number of aliphatic hydroxyl groups is 1. The average Bonchev–Trinajstić information content (AvgIpc) is 2.60. The number of imide groups is 1. The molecule has 1 N–H and O–H groups in total. The lowest BCUT2D eigenvalue weighted by Crippen LogP contribution is -2.59. The molecule has 128 valence electrons. The maximum absolute atomic E-state index is 13.0. The highest BCUT2D eigenvalue weighted by atomic mass is 16.6. The molecule has 1 unspecified atom stereocenters. The minimum absolute atomic E-state index is 0.00498. The van der Waals surface area contributed by atoms with E-state index >= 15 is 0 Å². The van der Waals surface area contributed by atoms with E-state index in [2.05, 4.69) is 0 Å². The summed E-state index contributed by atoms with van der Waals surface area (Å²) in [7, 11) is 0. The molecule has 1 aliphatic rings. The molecule has 0 aliphatic carbocycles. The summed E-state index contributed by atoms with van der Waals surface area (Å²) in [6, 6.07) is 12.7. The van der Waals surface area contributed by atoms with E-state index in [9.17, 15) is 19.5 Å². The average molecular weight is 339 g/mol. The van der Waals surface area contributed by atoms with Crippen LogP contribution in [0, 0.1) is 6.92 Å². The summed E-state index contributed by atoms with van der Waals surface area (Å²) in [5.74, 6) is -2.74. The predicted molar refractivity (Wildman–Crippen MR) is 90.0 cm³/mol. The van der Waals surface area contributed by atoms with Crippen LogP contribution in [-0.2, 0) is 19.9 Å². The Labute approximate surface area is 144 Å². The number of hydrogen-bond donors (Lipinski definition) is 1. The molecule has 0 radical (unpaired) electrons. The first-order valence-corrected chi connectivity index (χ1v) is 7.86. The van der Waals surface area contributed by atoms with Gasteiger partial charge < -0.3 is 9.84 Å². The van der Waals surface area contributed by atoms with E-state index in [1.807, 2.05) is 13.0 Å². The molecule has 0 fully saturated rings. The molecule has 2 aromatic rings. The molecule has 0 spiro atoms. The van der Waals surface area contributed by atoms with Gasteiger partial charge in [-0.3, -0.25) is 9.59 Å². The number of hydrogen-bond acceptors (Lipinski definition) is 5.